The van der Waals surface area contributed by atoms with Gasteiger partial charge in [0.15, 0.2) is 11.2 Å². The predicted octanol–water partition coefficient (Wildman–Crippen LogP) is 0.317. The number of aliphatic hydroxyl groups is 2. The number of carboxylic acid groups (broad SMARTS) is 1. The number of aliphatic carboxylic acids is 1. The highest BCUT2D eigenvalue weighted by atomic mass is 32.2. The summed E-state index contributed by atoms with van der Waals surface area (Å²) in [6.45, 7) is 0. The van der Waals surface area contributed by atoms with E-state index in [-0.39, 0.29) is 0 Å². The number of nitrogens with zero attached hydrogens (tertiary/aromatic N) is 1. The van der Waals surface area contributed by atoms with Crippen LogP contribution in [-0.4, -0.2) is 55.5 Å². The fourth-order valence-electron chi connectivity index (χ4n) is 1.37. The normalized spacial score (nSPS) is 35.8. The lowest BCUT2D eigenvalue weighted by molar-refractivity contribution is -0.155. The summed E-state index contributed by atoms with van der Waals surface area (Å²) in [7, 11) is 0. The molecule has 0 aromatic carbocycles. The summed E-state index contributed by atoms with van der Waals surface area (Å²) in [5, 5.41) is 35.0. The van der Waals surface area contributed by atoms with E-state index in [0.29, 0.717) is 24.3 Å². The minimum absolute atomic E-state index is 0.336. The highest BCUT2D eigenvalue weighted by Crippen LogP contribution is 2.27. The maximum absolute atomic E-state index is 10.3. The van der Waals surface area contributed by atoms with Gasteiger partial charge in [0.1, 0.15) is 0 Å². The first kappa shape index (κ1) is 14.6. The van der Waals surface area contributed by atoms with Gasteiger partial charge in [-0.2, -0.15) is 28.8 Å². The van der Waals surface area contributed by atoms with Crippen molar-refractivity contribution in [1.82, 2.24) is 0 Å². The Labute approximate surface area is 108 Å². The lowest BCUT2D eigenvalue weighted by Gasteiger charge is -2.13. The number of hydrogen-bond donors (Lipinski definition) is 3. The molecule has 0 aromatic rings. The van der Waals surface area contributed by atoms with Crippen molar-refractivity contribution in [2.45, 2.75) is 24.0 Å². The Morgan fingerprint density at radius 2 is 1.76 bits per heavy atom. The van der Waals surface area contributed by atoms with Crippen LogP contribution in [0, 0.1) is 11.3 Å². The molecule has 2 aliphatic heterocycles. The van der Waals surface area contributed by atoms with Crippen molar-refractivity contribution in [1.29, 1.82) is 5.26 Å². The number of carbonyl (C=O) groups is 1. The van der Waals surface area contributed by atoms with Crippen LogP contribution in [0.1, 0.15) is 12.8 Å². The average molecular weight is 277 g/mol. The van der Waals surface area contributed by atoms with Gasteiger partial charge in [-0.1, -0.05) is 0 Å². The number of thioether (sulfide) groups is 2. The highest BCUT2D eigenvalue weighted by Gasteiger charge is 2.39. The second-order valence-electron chi connectivity index (χ2n) is 4.09. The van der Waals surface area contributed by atoms with E-state index < -0.39 is 17.2 Å². The van der Waals surface area contributed by atoms with Crippen molar-refractivity contribution in [3.63, 3.8) is 0 Å². The molecule has 5 nitrogen and oxygen atoms in total. The first-order valence-electron chi connectivity index (χ1n) is 5.17. The van der Waals surface area contributed by atoms with Crippen LogP contribution in [0.5, 0.6) is 0 Å². The fraction of sp³-hybridized carbons (Fsp3) is 0.800. The van der Waals surface area contributed by atoms with Crippen molar-refractivity contribution in [2.24, 2.45) is 0 Å². The van der Waals surface area contributed by atoms with Gasteiger partial charge in [0.25, 0.3) is 0 Å². The zero-order valence-corrected chi connectivity index (χ0v) is 10.9. The van der Waals surface area contributed by atoms with Gasteiger partial charge >= 0.3 is 5.97 Å². The van der Waals surface area contributed by atoms with Gasteiger partial charge in [0.05, 0.1) is 6.07 Å². The Kier molecular flexibility index (Phi) is 5.13. The first-order valence-corrected chi connectivity index (χ1v) is 7.48. The lowest BCUT2D eigenvalue weighted by atomic mass is 10.1. The van der Waals surface area contributed by atoms with Gasteiger partial charge in [-0.05, 0) is 24.3 Å². The van der Waals surface area contributed by atoms with E-state index in [1.807, 2.05) is 6.07 Å². The molecule has 0 saturated carbocycles. The molecule has 0 spiro atoms. The van der Waals surface area contributed by atoms with E-state index in [1.54, 1.807) is 11.8 Å². The Bertz CT molecular complexity index is 317. The molecule has 2 fully saturated rings. The molecule has 0 bridgehead atoms. The molecule has 0 unspecified atom stereocenters. The molecule has 2 aliphatic rings. The van der Waals surface area contributed by atoms with Gasteiger partial charge in [0.2, 0.25) is 0 Å². The lowest BCUT2D eigenvalue weighted by Crippen LogP contribution is -2.37. The zero-order valence-electron chi connectivity index (χ0n) is 9.26. The van der Waals surface area contributed by atoms with E-state index in [1.165, 1.54) is 11.8 Å². The van der Waals surface area contributed by atoms with E-state index >= 15 is 0 Å². The van der Waals surface area contributed by atoms with Crippen molar-refractivity contribution in [2.75, 3.05) is 23.0 Å². The largest absolute Gasteiger partial charge is 0.479 e. The third-order valence-electron chi connectivity index (χ3n) is 2.61. The van der Waals surface area contributed by atoms with Crippen LogP contribution < -0.4 is 0 Å². The Morgan fingerprint density at radius 3 is 2.00 bits per heavy atom. The molecule has 2 heterocycles. The van der Waals surface area contributed by atoms with Crippen molar-refractivity contribution in [3.05, 3.63) is 0 Å². The fourth-order valence-corrected chi connectivity index (χ4v) is 3.77. The molecule has 0 amide bonds. The van der Waals surface area contributed by atoms with Crippen LogP contribution >= 0.6 is 23.5 Å². The quantitative estimate of drug-likeness (QED) is 0.593. The van der Waals surface area contributed by atoms with Gasteiger partial charge in [-0.15, -0.1) is 0 Å². The molecule has 2 rings (SSSR count). The first-order chi connectivity index (χ1) is 7.92. The third kappa shape index (κ3) is 4.07. The molecule has 17 heavy (non-hydrogen) atoms. The standard InChI is InChI=1S/C5H7NOS.C5H8O3S/c6-3-5(7)1-2-8-4-5;6-4(7)5(8)1-2-9-3-5/h7H,1-2,4H2;8H,1-3H2,(H,6,7)/t2*5-/m01/s1. The minimum Gasteiger partial charge on any atom is -0.479 e. The maximum atomic E-state index is 10.3. The topological polar surface area (TPSA) is 102 Å². The second kappa shape index (κ2) is 5.96. The molecule has 96 valence electrons. The van der Waals surface area contributed by atoms with Gasteiger partial charge in [0, 0.05) is 11.5 Å². The molecule has 7 heteroatoms. The Hall–Kier alpha value is -0.420. The minimum atomic E-state index is -1.43. The van der Waals surface area contributed by atoms with Crippen LogP contribution in [-0.2, 0) is 4.79 Å². The van der Waals surface area contributed by atoms with Gasteiger partial charge in [-0.3, -0.25) is 0 Å². The average Bonchev–Trinajstić information content (AvgIpc) is 2.90. The van der Waals surface area contributed by atoms with Crippen molar-refractivity contribution >= 4 is 29.5 Å². The number of rotatable bonds is 1. The monoisotopic (exact) mass is 277 g/mol. The summed E-state index contributed by atoms with van der Waals surface area (Å²) < 4.78 is 0. The molecular formula is C10H15NO4S2. The molecular weight excluding hydrogens is 262 g/mol. The molecule has 2 saturated heterocycles. The molecule has 0 aliphatic carbocycles. The molecule has 3 N–H and O–H groups in total. The summed E-state index contributed by atoms with van der Waals surface area (Å²) in [5.74, 6) is 1.51. The summed E-state index contributed by atoms with van der Waals surface area (Å²) in [6, 6.07) is 1.88. The third-order valence-corrected chi connectivity index (χ3v) is 4.96. The SMILES string of the molecule is N#C[C@@]1(O)CCSC1.O=C(O)[C@@]1(O)CCSC1. The number of hydrogen-bond acceptors (Lipinski definition) is 6. The summed E-state index contributed by atoms with van der Waals surface area (Å²) in [6.07, 6.45) is 1.02. The summed E-state index contributed by atoms with van der Waals surface area (Å²) in [4.78, 5) is 10.3. The Morgan fingerprint density at radius 1 is 1.18 bits per heavy atom. The smallest absolute Gasteiger partial charge is 0.336 e. The van der Waals surface area contributed by atoms with Gasteiger partial charge < -0.3 is 15.3 Å². The maximum Gasteiger partial charge on any atom is 0.336 e. The number of carboxylic acids is 1. The van der Waals surface area contributed by atoms with E-state index in [0.717, 1.165) is 11.5 Å². The van der Waals surface area contributed by atoms with E-state index in [9.17, 15) is 4.79 Å². The summed E-state index contributed by atoms with van der Waals surface area (Å²) >= 11 is 3.11. The summed E-state index contributed by atoms with van der Waals surface area (Å²) in [5.41, 5.74) is -2.42. The van der Waals surface area contributed by atoms with Crippen molar-refractivity contribution in [3.8, 4) is 6.07 Å². The van der Waals surface area contributed by atoms with Gasteiger partial charge in [-0.25, -0.2) is 4.79 Å². The molecule has 0 aromatic heterocycles. The highest BCUT2D eigenvalue weighted by molar-refractivity contribution is 7.99. The Balaban J connectivity index is 0.000000171. The molecule has 0 radical (unpaired) electrons. The number of nitriles is 1. The van der Waals surface area contributed by atoms with E-state index in [2.05, 4.69) is 0 Å². The van der Waals surface area contributed by atoms with Crippen LogP contribution in [0.3, 0.4) is 0 Å². The van der Waals surface area contributed by atoms with Crippen LogP contribution in [0.25, 0.3) is 0 Å². The predicted molar refractivity (Wildman–Crippen MR) is 67.0 cm³/mol. The van der Waals surface area contributed by atoms with Crippen LogP contribution in [0.2, 0.25) is 0 Å². The van der Waals surface area contributed by atoms with Crippen molar-refractivity contribution < 1.29 is 20.1 Å². The van der Waals surface area contributed by atoms with Crippen LogP contribution in [0.4, 0.5) is 0 Å². The molecule has 2 atom stereocenters. The van der Waals surface area contributed by atoms with E-state index in [4.69, 9.17) is 20.6 Å². The second-order valence-corrected chi connectivity index (χ2v) is 6.30. The zero-order chi connectivity index (χ0) is 12.9. The van der Waals surface area contributed by atoms with Crippen LogP contribution in [0.15, 0.2) is 0 Å².